The molecule has 2 amide bonds. The Labute approximate surface area is 174 Å². The lowest BCUT2D eigenvalue weighted by atomic mass is 10.0. The van der Waals surface area contributed by atoms with Crippen molar-refractivity contribution in [3.8, 4) is 0 Å². The highest BCUT2D eigenvalue weighted by molar-refractivity contribution is 7.20. The van der Waals surface area contributed by atoms with E-state index in [0.29, 0.717) is 24.3 Å². The summed E-state index contributed by atoms with van der Waals surface area (Å²) in [4.78, 5) is 26.3. The normalized spacial score (nSPS) is 21.9. The molecule has 2 heterocycles. The molecular formula is C22H28N2O4S. The Morgan fingerprint density at radius 2 is 2.07 bits per heavy atom. The summed E-state index contributed by atoms with van der Waals surface area (Å²) in [6.45, 7) is 4.64. The van der Waals surface area contributed by atoms with Gasteiger partial charge in [-0.05, 0) is 36.3 Å². The number of nitrogens with one attached hydrogen (secondary N) is 2. The molecule has 2 unspecified atom stereocenters. The van der Waals surface area contributed by atoms with E-state index < -0.39 is 18.2 Å². The number of hydrogen-bond acceptors (Lipinski definition) is 5. The molecule has 0 spiro atoms. The van der Waals surface area contributed by atoms with Gasteiger partial charge < -0.3 is 20.5 Å². The molecule has 0 aliphatic carbocycles. The molecule has 7 heteroatoms. The molecule has 6 nitrogen and oxygen atoms in total. The second-order valence-corrected chi connectivity index (χ2v) is 8.81. The molecule has 156 valence electrons. The number of hydrogen-bond donors (Lipinski definition) is 3. The fourth-order valence-electron chi connectivity index (χ4n) is 3.31. The number of carbonyl (C=O) groups is 2. The highest BCUT2D eigenvalue weighted by atomic mass is 32.1. The fraction of sp³-hybridized carbons (Fsp3) is 0.455. The molecule has 0 saturated heterocycles. The summed E-state index contributed by atoms with van der Waals surface area (Å²) in [6, 6.07) is 8.54. The van der Waals surface area contributed by atoms with E-state index in [2.05, 4.69) is 10.6 Å². The second-order valence-electron chi connectivity index (χ2n) is 7.73. The smallest absolute Gasteiger partial charge is 0.262 e. The van der Waals surface area contributed by atoms with E-state index in [9.17, 15) is 14.7 Å². The number of rotatable bonds is 6. The first-order valence-electron chi connectivity index (χ1n) is 9.94. The molecule has 0 radical (unpaired) electrons. The summed E-state index contributed by atoms with van der Waals surface area (Å²) in [5.41, 5.74) is 0. The number of ether oxygens (including phenoxy) is 1. The molecule has 1 aliphatic heterocycles. The van der Waals surface area contributed by atoms with Crippen molar-refractivity contribution in [3.05, 3.63) is 47.4 Å². The maximum atomic E-state index is 12.9. The molecular weight excluding hydrogens is 388 g/mol. The first-order chi connectivity index (χ1) is 13.9. The van der Waals surface area contributed by atoms with Gasteiger partial charge in [-0.2, -0.15) is 0 Å². The topological polar surface area (TPSA) is 87.7 Å². The maximum absolute atomic E-state index is 12.9. The third-order valence-corrected chi connectivity index (χ3v) is 5.94. The molecule has 0 fully saturated rings. The lowest BCUT2D eigenvalue weighted by Crippen LogP contribution is -2.53. The molecule has 1 aromatic carbocycles. The largest absolute Gasteiger partial charge is 0.389 e. The van der Waals surface area contributed by atoms with Crippen LogP contribution in [0.4, 0.5) is 0 Å². The van der Waals surface area contributed by atoms with Crippen LogP contribution in [0.15, 0.2) is 42.5 Å². The van der Waals surface area contributed by atoms with Crippen LogP contribution in [-0.2, 0) is 9.53 Å². The van der Waals surface area contributed by atoms with Crippen molar-refractivity contribution in [2.45, 2.75) is 44.9 Å². The van der Waals surface area contributed by atoms with Crippen molar-refractivity contribution >= 4 is 33.2 Å². The Morgan fingerprint density at radius 1 is 1.28 bits per heavy atom. The number of carbonyl (C=O) groups excluding carboxylic acids is 2. The van der Waals surface area contributed by atoms with Gasteiger partial charge in [0.2, 0.25) is 5.91 Å². The quantitative estimate of drug-likeness (QED) is 0.632. The van der Waals surface area contributed by atoms with E-state index in [1.54, 1.807) is 0 Å². The van der Waals surface area contributed by atoms with Crippen LogP contribution in [-0.4, -0.2) is 48.3 Å². The van der Waals surface area contributed by atoms with Crippen LogP contribution < -0.4 is 10.6 Å². The van der Waals surface area contributed by atoms with Gasteiger partial charge in [-0.25, -0.2) is 0 Å². The average molecular weight is 417 g/mol. The first-order valence-corrected chi connectivity index (χ1v) is 10.8. The SMILES string of the molecule is CC(C)C[C@H](NC(=O)c1cc2ccccc2s1)C(=O)NC1C/C=C\COCC1O. The van der Waals surface area contributed by atoms with Gasteiger partial charge >= 0.3 is 0 Å². The average Bonchev–Trinajstić information content (AvgIpc) is 3.11. The highest BCUT2D eigenvalue weighted by Gasteiger charge is 2.28. The van der Waals surface area contributed by atoms with E-state index in [-0.39, 0.29) is 24.3 Å². The summed E-state index contributed by atoms with van der Waals surface area (Å²) in [6.07, 6.45) is 4.01. The van der Waals surface area contributed by atoms with Crippen LogP contribution in [0.25, 0.3) is 10.1 Å². The highest BCUT2D eigenvalue weighted by Crippen LogP contribution is 2.25. The van der Waals surface area contributed by atoms with Gasteiger partial charge in [-0.15, -0.1) is 11.3 Å². The molecule has 0 saturated carbocycles. The van der Waals surface area contributed by atoms with E-state index in [1.807, 2.05) is 56.3 Å². The number of aliphatic hydroxyl groups excluding tert-OH is 1. The van der Waals surface area contributed by atoms with Crippen molar-refractivity contribution < 1.29 is 19.4 Å². The Morgan fingerprint density at radius 3 is 2.83 bits per heavy atom. The minimum Gasteiger partial charge on any atom is -0.389 e. The lowest BCUT2D eigenvalue weighted by molar-refractivity contribution is -0.125. The Balaban J connectivity index is 1.70. The molecule has 3 rings (SSSR count). The number of benzene rings is 1. The Hall–Kier alpha value is -2.22. The van der Waals surface area contributed by atoms with Crippen molar-refractivity contribution in [2.75, 3.05) is 13.2 Å². The first kappa shape index (κ1) is 21.5. The summed E-state index contributed by atoms with van der Waals surface area (Å²) >= 11 is 1.41. The van der Waals surface area contributed by atoms with Gasteiger partial charge in [0.05, 0.1) is 30.2 Å². The van der Waals surface area contributed by atoms with Crippen molar-refractivity contribution in [3.63, 3.8) is 0 Å². The minimum absolute atomic E-state index is 0.165. The van der Waals surface area contributed by atoms with Gasteiger partial charge in [-0.3, -0.25) is 9.59 Å². The number of thiophene rings is 1. The molecule has 29 heavy (non-hydrogen) atoms. The number of fused-ring (bicyclic) bond motifs is 1. The monoisotopic (exact) mass is 416 g/mol. The molecule has 2 aromatic rings. The van der Waals surface area contributed by atoms with Gasteiger partial charge in [0.25, 0.3) is 5.91 Å². The van der Waals surface area contributed by atoms with Crippen molar-refractivity contribution in [1.82, 2.24) is 10.6 Å². The van der Waals surface area contributed by atoms with E-state index in [4.69, 9.17) is 4.74 Å². The standard InChI is InChI=1S/C22H28N2O4S/c1-14(2)11-17(21(26)23-16-8-5-6-10-28-13-18(16)25)24-22(27)20-12-15-7-3-4-9-19(15)29-20/h3-7,9,12,14,16-18,25H,8,10-11,13H2,1-2H3,(H,23,26)(H,24,27)/b6-5-/t16?,17-,18?/m0/s1. The summed E-state index contributed by atoms with van der Waals surface area (Å²) < 4.78 is 6.35. The van der Waals surface area contributed by atoms with Crippen LogP contribution in [0.1, 0.15) is 36.4 Å². The summed E-state index contributed by atoms with van der Waals surface area (Å²) in [5.74, 6) is -0.321. The zero-order valence-electron chi connectivity index (χ0n) is 16.8. The van der Waals surface area contributed by atoms with Crippen LogP contribution in [0.3, 0.4) is 0 Å². The lowest BCUT2D eigenvalue weighted by Gasteiger charge is -2.27. The fourth-order valence-corrected chi connectivity index (χ4v) is 4.27. The second kappa shape index (κ2) is 10.0. The van der Waals surface area contributed by atoms with Gasteiger partial charge in [0.1, 0.15) is 6.04 Å². The minimum atomic E-state index is -0.790. The van der Waals surface area contributed by atoms with Crippen LogP contribution in [0, 0.1) is 5.92 Å². The van der Waals surface area contributed by atoms with E-state index in [0.717, 1.165) is 10.1 Å². The third kappa shape index (κ3) is 5.88. The maximum Gasteiger partial charge on any atom is 0.262 e. The third-order valence-electron chi connectivity index (χ3n) is 4.83. The van der Waals surface area contributed by atoms with E-state index in [1.165, 1.54) is 11.3 Å². The Bertz CT molecular complexity index is 844. The zero-order valence-corrected chi connectivity index (χ0v) is 17.6. The summed E-state index contributed by atoms with van der Waals surface area (Å²) in [7, 11) is 0. The molecule has 1 aromatic heterocycles. The molecule has 3 atom stereocenters. The predicted molar refractivity (Wildman–Crippen MR) is 115 cm³/mol. The zero-order chi connectivity index (χ0) is 20.8. The van der Waals surface area contributed by atoms with Gasteiger partial charge in [-0.1, -0.05) is 44.2 Å². The summed E-state index contributed by atoms with van der Waals surface area (Å²) in [5, 5.41) is 17.1. The molecule has 0 bridgehead atoms. The number of amides is 2. The van der Waals surface area contributed by atoms with Crippen LogP contribution in [0.5, 0.6) is 0 Å². The molecule has 3 N–H and O–H groups in total. The van der Waals surface area contributed by atoms with Crippen molar-refractivity contribution in [2.24, 2.45) is 5.92 Å². The van der Waals surface area contributed by atoms with Gasteiger partial charge in [0.15, 0.2) is 0 Å². The molecule has 1 aliphatic rings. The van der Waals surface area contributed by atoms with Gasteiger partial charge in [0, 0.05) is 4.70 Å². The van der Waals surface area contributed by atoms with Crippen LogP contribution in [0.2, 0.25) is 0 Å². The van der Waals surface area contributed by atoms with Crippen LogP contribution >= 0.6 is 11.3 Å². The predicted octanol–water partition coefficient (Wildman–Crippen LogP) is 2.87. The van der Waals surface area contributed by atoms with E-state index >= 15 is 0 Å². The van der Waals surface area contributed by atoms with Crippen molar-refractivity contribution in [1.29, 1.82) is 0 Å². The Kier molecular flexibility index (Phi) is 7.41. The number of aliphatic hydroxyl groups is 1.